The fourth-order valence-electron chi connectivity index (χ4n) is 2.73. The van der Waals surface area contributed by atoms with Crippen LogP contribution in [-0.2, 0) is 14.3 Å². The number of methoxy groups -OCH3 is 4. The maximum Gasteiger partial charge on any atom is 0.330 e. The third-order valence-electron chi connectivity index (χ3n) is 4.31. The number of esters is 1. The molecule has 2 aromatic carbocycles. The van der Waals surface area contributed by atoms with E-state index in [1.165, 1.54) is 46.6 Å². The van der Waals surface area contributed by atoms with Crippen LogP contribution in [0.4, 0.5) is 0 Å². The second-order valence-corrected chi connectivity index (χ2v) is 6.25. The average Bonchev–Trinajstić information content (AvgIpc) is 2.77. The number of aliphatic hydroxyl groups excluding tert-OH is 1. The molecule has 162 valence electrons. The number of carbonyl (C=O) groups is 1. The van der Waals surface area contributed by atoms with Gasteiger partial charge >= 0.3 is 5.97 Å². The zero-order chi connectivity index (χ0) is 22.1. The predicted octanol–water partition coefficient (Wildman–Crippen LogP) is 2.72. The topological polar surface area (TPSA) is 104 Å². The monoisotopic (exact) mass is 418 g/mol. The number of hydrogen-bond donors (Lipinski definition) is 2. The molecular weight excluding hydrogens is 392 g/mol. The van der Waals surface area contributed by atoms with Crippen LogP contribution < -0.4 is 14.2 Å². The highest BCUT2D eigenvalue weighted by Crippen LogP contribution is 2.34. The van der Waals surface area contributed by atoms with Gasteiger partial charge in [0.15, 0.2) is 29.1 Å². The van der Waals surface area contributed by atoms with E-state index in [9.17, 15) is 15.0 Å². The largest absolute Gasteiger partial charge is 0.504 e. The van der Waals surface area contributed by atoms with Gasteiger partial charge < -0.3 is 33.9 Å². The van der Waals surface area contributed by atoms with Gasteiger partial charge in [0.1, 0.15) is 6.10 Å². The average molecular weight is 418 g/mol. The summed E-state index contributed by atoms with van der Waals surface area (Å²) in [4.78, 5) is 11.3. The van der Waals surface area contributed by atoms with Gasteiger partial charge in [0.2, 0.25) is 0 Å². The third-order valence-corrected chi connectivity index (χ3v) is 4.31. The first-order valence-corrected chi connectivity index (χ1v) is 9.08. The smallest absolute Gasteiger partial charge is 0.330 e. The van der Waals surface area contributed by atoms with Gasteiger partial charge in [-0.15, -0.1) is 0 Å². The van der Waals surface area contributed by atoms with Crippen molar-refractivity contribution in [3.05, 3.63) is 53.6 Å². The van der Waals surface area contributed by atoms with E-state index in [-0.39, 0.29) is 18.1 Å². The van der Waals surface area contributed by atoms with E-state index in [2.05, 4.69) is 4.74 Å². The summed E-state index contributed by atoms with van der Waals surface area (Å²) in [5.41, 5.74) is 1.19. The molecule has 0 radical (unpaired) electrons. The Balaban J connectivity index is 2.27. The Bertz CT molecular complexity index is 877. The SMILES string of the molecule is COC[C@@H](Oc1ccc(/C=C/C(=O)OC)cc1OC)C(O)c1ccc(O)c(OC)c1. The molecule has 2 aromatic rings. The molecule has 8 heteroatoms. The van der Waals surface area contributed by atoms with Crippen molar-refractivity contribution in [2.24, 2.45) is 0 Å². The summed E-state index contributed by atoms with van der Waals surface area (Å²) in [6, 6.07) is 9.63. The first kappa shape index (κ1) is 23.1. The van der Waals surface area contributed by atoms with Crippen molar-refractivity contribution in [2.75, 3.05) is 35.0 Å². The van der Waals surface area contributed by atoms with Crippen molar-refractivity contribution in [3.63, 3.8) is 0 Å². The molecule has 0 aliphatic carbocycles. The van der Waals surface area contributed by atoms with Crippen LogP contribution in [0.15, 0.2) is 42.5 Å². The Morgan fingerprint density at radius 1 is 1.00 bits per heavy atom. The van der Waals surface area contributed by atoms with Gasteiger partial charge in [-0.2, -0.15) is 0 Å². The predicted molar refractivity (Wildman–Crippen MR) is 110 cm³/mol. The van der Waals surface area contributed by atoms with Crippen LogP contribution in [0.3, 0.4) is 0 Å². The van der Waals surface area contributed by atoms with E-state index in [0.29, 0.717) is 22.6 Å². The van der Waals surface area contributed by atoms with Gasteiger partial charge in [0.05, 0.1) is 27.9 Å². The molecule has 30 heavy (non-hydrogen) atoms. The standard InChI is InChI=1S/C22H26O8/c1-26-13-20(22(25)15-7-8-16(23)18(12-15)27-2)30-17-9-5-14(11-19(17)28-3)6-10-21(24)29-4/h5-12,20,22-23,25H,13H2,1-4H3/b10-6+/t20-,22?/m1/s1. The fraction of sp³-hybridized carbons (Fsp3) is 0.318. The van der Waals surface area contributed by atoms with Crippen LogP contribution in [0.1, 0.15) is 17.2 Å². The molecule has 0 saturated heterocycles. The molecular formula is C22H26O8. The van der Waals surface area contributed by atoms with E-state index in [1.54, 1.807) is 30.3 Å². The van der Waals surface area contributed by atoms with Crippen molar-refractivity contribution >= 4 is 12.0 Å². The lowest BCUT2D eigenvalue weighted by Crippen LogP contribution is -2.30. The first-order chi connectivity index (χ1) is 14.4. The number of aliphatic hydroxyl groups is 1. The fourth-order valence-corrected chi connectivity index (χ4v) is 2.73. The molecule has 0 saturated carbocycles. The molecule has 8 nitrogen and oxygen atoms in total. The molecule has 0 aliphatic rings. The number of rotatable bonds is 10. The maximum atomic E-state index is 11.3. The molecule has 0 aliphatic heterocycles. The van der Waals surface area contributed by atoms with Crippen molar-refractivity contribution in [3.8, 4) is 23.0 Å². The Kier molecular flexibility index (Phi) is 8.52. The molecule has 0 fully saturated rings. The minimum Gasteiger partial charge on any atom is -0.504 e. The van der Waals surface area contributed by atoms with Crippen molar-refractivity contribution in [1.82, 2.24) is 0 Å². The molecule has 2 rings (SSSR count). The summed E-state index contributed by atoms with van der Waals surface area (Å²) in [6.45, 7) is 0.0947. The number of ether oxygens (including phenoxy) is 5. The van der Waals surface area contributed by atoms with E-state index in [1.807, 2.05) is 0 Å². The Labute approximate surface area is 175 Å². The number of benzene rings is 2. The van der Waals surface area contributed by atoms with E-state index < -0.39 is 18.2 Å². The molecule has 0 bridgehead atoms. The van der Waals surface area contributed by atoms with Crippen LogP contribution >= 0.6 is 0 Å². The normalized spacial score (nSPS) is 13.0. The lowest BCUT2D eigenvalue weighted by Gasteiger charge is -2.25. The molecule has 0 spiro atoms. The molecule has 2 N–H and O–H groups in total. The Morgan fingerprint density at radius 2 is 1.73 bits per heavy atom. The summed E-state index contributed by atoms with van der Waals surface area (Å²) in [5.74, 6) is 0.539. The lowest BCUT2D eigenvalue weighted by molar-refractivity contribution is -0.134. The Morgan fingerprint density at radius 3 is 2.37 bits per heavy atom. The highest BCUT2D eigenvalue weighted by atomic mass is 16.6. The maximum absolute atomic E-state index is 11.3. The first-order valence-electron chi connectivity index (χ1n) is 9.08. The zero-order valence-corrected chi connectivity index (χ0v) is 17.3. The van der Waals surface area contributed by atoms with Crippen LogP contribution in [-0.4, -0.2) is 57.3 Å². The quantitative estimate of drug-likeness (QED) is 0.448. The van der Waals surface area contributed by atoms with Crippen LogP contribution in [0.25, 0.3) is 6.08 Å². The zero-order valence-electron chi connectivity index (χ0n) is 17.3. The minimum atomic E-state index is -1.07. The number of aromatic hydroxyl groups is 1. The Hall–Kier alpha value is -3.23. The summed E-state index contributed by atoms with van der Waals surface area (Å²) < 4.78 is 26.2. The third kappa shape index (κ3) is 5.88. The van der Waals surface area contributed by atoms with Gasteiger partial charge in [-0.05, 0) is 41.5 Å². The summed E-state index contributed by atoms with van der Waals surface area (Å²) in [5, 5.41) is 20.6. The van der Waals surface area contributed by atoms with E-state index in [4.69, 9.17) is 18.9 Å². The number of hydrogen-bond acceptors (Lipinski definition) is 8. The van der Waals surface area contributed by atoms with Crippen molar-refractivity contribution in [2.45, 2.75) is 12.2 Å². The van der Waals surface area contributed by atoms with Crippen molar-refractivity contribution < 1.29 is 38.7 Å². The van der Waals surface area contributed by atoms with Crippen LogP contribution in [0.5, 0.6) is 23.0 Å². The highest BCUT2D eigenvalue weighted by molar-refractivity contribution is 5.87. The van der Waals surface area contributed by atoms with Gasteiger partial charge in [-0.1, -0.05) is 12.1 Å². The van der Waals surface area contributed by atoms with Gasteiger partial charge in [0.25, 0.3) is 0 Å². The molecule has 0 aromatic heterocycles. The van der Waals surface area contributed by atoms with E-state index >= 15 is 0 Å². The van der Waals surface area contributed by atoms with Gasteiger partial charge in [-0.3, -0.25) is 0 Å². The molecule has 0 heterocycles. The summed E-state index contributed by atoms with van der Waals surface area (Å²) >= 11 is 0. The number of phenolic OH excluding ortho intramolecular Hbond substituents is 1. The summed E-state index contributed by atoms with van der Waals surface area (Å²) in [6.07, 6.45) is 1.05. The van der Waals surface area contributed by atoms with Gasteiger partial charge in [0, 0.05) is 13.2 Å². The number of carbonyl (C=O) groups excluding carboxylic acids is 1. The molecule has 0 amide bonds. The van der Waals surface area contributed by atoms with Crippen LogP contribution in [0.2, 0.25) is 0 Å². The number of phenols is 1. The van der Waals surface area contributed by atoms with Crippen molar-refractivity contribution in [1.29, 1.82) is 0 Å². The van der Waals surface area contributed by atoms with Crippen LogP contribution in [0, 0.1) is 0 Å². The lowest BCUT2D eigenvalue weighted by atomic mass is 10.0. The second kappa shape index (κ2) is 11.1. The van der Waals surface area contributed by atoms with Gasteiger partial charge in [-0.25, -0.2) is 4.79 Å². The second-order valence-electron chi connectivity index (χ2n) is 6.25. The highest BCUT2D eigenvalue weighted by Gasteiger charge is 2.25. The van der Waals surface area contributed by atoms with E-state index in [0.717, 1.165) is 0 Å². The summed E-state index contributed by atoms with van der Waals surface area (Å²) in [7, 11) is 5.71. The molecule has 2 atom stereocenters. The molecule has 1 unspecified atom stereocenters. The minimum absolute atomic E-state index is 0.0325.